The SMILES string of the molecule is O=C(CC1CCCCC1)Nc1ccn(CCCCn2cc(C(=O)NCc3cc(Cl)ccc3F)nn2)c(=O)c1. The van der Waals surface area contributed by atoms with Crippen molar-refractivity contribution in [3.63, 3.8) is 0 Å². The predicted molar refractivity (Wildman–Crippen MR) is 142 cm³/mol. The number of aromatic nitrogens is 4. The monoisotopic (exact) mass is 542 g/mol. The summed E-state index contributed by atoms with van der Waals surface area (Å²) >= 11 is 5.88. The van der Waals surface area contributed by atoms with Gasteiger partial charge < -0.3 is 15.2 Å². The predicted octanol–water partition coefficient (Wildman–Crippen LogP) is 4.55. The van der Waals surface area contributed by atoms with Gasteiger partial charge in [-0.2, -0.15) is 0 Å². The summed E-state index contributed by atoms with van der Waals surface area (Å²) in [4.78, 5) is 37.1. The number of unbranched alkanes of at least 4 members (excludes halogenated alkanes) is 1. The standard InChI is InChI=1S/C27H32ClFN6O3/c28-21-8-9-23(29)20(15-21)17-30-27(38)24-18-35(33-32-24)12-5-4-11-34-13-10-22(16-26(34)37)31-25(36)14-19-6-2-1-3-7-19/h8-10,13,15-16,18-19H,1-7,11-12,14,17H2,(H,30,38)(H,31,36). The molecule has 0 spiro atoms. The van der Waals surface area contributed by atoms with Gasteiger partial charge in [0.15, 0.2) is 5.69 Å². The normalized spacial score (nSPS) is 13.8. The first-order chi connectivity index (χ1) is 18.4. The number of hydrogen-bond acceptors (Lipinski definition) is 5. The highest BCUT2D eigenvalue weighted by molar-refractivity contribution is 6.30. The van der Waals surface area contributed by atoms with Crippen LogP contribution in [-0.4, -0.2) is 31.4 Å². The largest absolute Gasteiger partial charge is 0.346 e. The molecule has 0 saturated heterocycles. The molecule has 38 heavy (non-hydrogen) atoms. The minimum absolute atomic E-state index is 0.0180. The van der Waals surface area contributed by atoms with Crippen molar-refractivity contribution in [1.29, 1.82) is 0 Å². The topological polar surface area (TPSA) is 111 Å². The average Bonchev–Trinajstić information content (AvgIpc) is 3.37. The highest BCUT2D eigenvalue weighted by atomic mass is 35.5. The Bertz CT molecular complexity index is 1320. The van der Waals surface area contributed by atoms with E-state index in [0.29, 0.717) is 49.0 Å². The van der Waals surface area contributed by atoms with Crippen molar-refractivity contribution in [1.82, 2.24) is 24.9 Å². The Labute approximate surface area is 225 Å². The number of pyridine rings is 1. The van der Waals surface area contributed by atoms with Crippen LogP contribution in [0.5, 0.6) is 0 Å². The van der Waals surface area contributed by atoms with Crippen molar-refractivity contribution in [2.24, 2.45) is 5.92 Å². The van der Waals surface area contributed by atoms with Gasteiger partial charge in [0.2, 0.25) is 5.91 Å². The molecule has 3 aromatic rings. The van der Waals surface area contributed by atoms with E-state index in [1.54, 1.807) is 21.5 Å². The van der Waals surface area contributed by atoms with Gasteiger partial charge in [-0.1, -0.05) is 36.1 Å². The summed E-state index contributed by atoms with van der Waals surface area (Å²) in [7, 11) is 0. The van der Waals surface area contributed by atoms with E-state index in [9.17, 15) is 18.8 Å². The number of amides is 2. The number of carbonyl (C=O) groups is 2. The number of halogens is 2. The van der Waals surface area contributed by atoms with Crippen molar-refractivity contribution in [2.75, 3.05) is 5.32 Å². The number of nitrogens with zero attached hydrogens (tertiary/aromatic N) is 4. The number of anilines is 1. The van der Waals surface area contributed by atoms with E-state index in [2.05, 4.69) is 20.9 Å². The molecule has 11 heteroatoms. The summed E-state index contributed by atoms with van der Waals surface area (Å²) < 4.78 is 17.0. The molecule has 0 radical (unpaired) electrons. The van der Waals surface area contributed by atoms with Gasteiger partial charge in [0.05, 0.1) is 6.20 Å². The van der Waals surface area contributed by atoms with Crippen LogP contribution in [0.25, 0.3) is 0 Å². The second-order valence-corrected chi connectivity index (χ2v) is 10.1. The second kappa shape index (κ2) is 13.3. The zero-order valence-electron chi connectivity index (χ0n) is 21.2. The van der Waals surface area contributed by atoms with Crippen LogP contribution >= 0.6 is 11.6 Å². The van der Waals surface area contributed by atoms with Crippen molar-refractivity contribution in [3.8, 4) is 0 Å². The molecule has 9 nitrogen and oxygen atoms in total. The van der Waals surface area contributed by atoms with Crippen LogP contribution in [0.2, 0.25) is 5.02 Å². The van der Waals surface area contributed by atoms with Crippen molar-refractivity contribution in [3.05, 3.63) is 75.2 Å². The molecular formula is C27H32ClFN6O3. The number of aryl methyl sites for hydroxylation is 2. The van der Waals surface area contributed by atoms with E-state index in [1.165, 1.54) is 49.7 Å². The lowest BCUT2D eigenvalue weighted by Gasteiger charge is -2.20. The summed E-state index contributed by atoms with van der Waals surface area (Å²) in [6.45, 7) is 1.02. The second-order valence-electron chi connectivity index (χ2n) is 9.70. The fraction of sp³-hybridized carbons (Fsp3) is 0.444. The summed E-state index contributed by atoms with van der Waals surface area (Å²) in [5, 5.41) is 13.7. The Morgan fingerprint density at radius 1 is 1.08 bits per heavy atom. The lowest BCUT2D eigenvalue weighted by Crippen LogP contribution is -2.23. The van der Waals surface area contributed by atoms with Gasteiger partial charge in [-0.15, -0.1) is 5.10 Å². The first-order valence-corrected chi connectivity index (χ1v) is 13.4. The van der Waals surface area contributed by atoms with Crippen LogP contribution in [0, 0.1) is 11.7 Å². The molecule has 1 aromatic carbocycles. The number of hydrogen-bond donors (Lipinski definition) is 2. The van der Waals surface area contributed by atoms with Gasteiger partial charge in [0.25, 0.3) is 11.5 Å². The van der Waals surface area contributed by atoms with Gasteiger partial charge in [-0.3, -0.25) is 19.1 Å². The maximum absolute atomic E-state index is 13.8. The summed E-state index contributed by atoms with van der Waals surface area (Å²) in [6.07, 6.45) is 11.0. The quantitative estimate of drug-likeness (QED) is 0.345. The van der Waals surface area contributed by atoms with Gasteiger partial charge in [0, 0.05) is 54.6 Å². The molecular weight excluding hydrogens is 511 g/mol. The van der Waals surface area contributed by atoms with E-state index in [4.69, 9.17) is 11.6 Å². The summed E-state index contributed by atoms with van der Waals surface area (Å²) in [5.41, 5.74) is 0.767. The van der Waals surface area contributed by atoms with Crippen molar-refractivity contribution >= 4 is 29.1 Å². The first kappa shape index (κ1) is 27.5. The Morgan fingerprint density at radius 3 is 2.66 bits per heavy atom. The number of benzene rings is 1. The molecule has 4 rings (SSSR count). The van der Waals surface area contributed by atoms with Crippen LogP contribution in [0.15, 0.2) is 47.5 Å². The highest BCUT2D eigenvalue weighted by Gasteiger charge is 2.17. The first-order valence-electron chi connectivity index (χ1n) is 13.0. The number of nitrogens with one attached hydrogen (secondary N) is 2. The van der Waals surface area contributed by atoms with Gasteiger partial charge in [-0.05, 0) is 55.9 Å². The van der Waals surface area contributed by atoms with E-state index in [0.717, 1.165) is 12.8 Å². The van der Waals surface area contributed by atoms with E-state index in [-0.39, 0.29) is 29.3 Å². The molecule has 1 fully saturated rings. The smallest absolute Gasteiger partial charge is 0.273 e. The number of carbonyl (C=O) groups excluding carboxylic acids is 2. The maximum atomic E-state index is 13.8. The zero-order valence-corrected chi connectivity index (χ0v) is 21.9. The Hall–Kier alpha value is -3.53. The molecule has 0 atom stereocenters. The fourth-order valence-electron chi connectivity index (χ4n) is 4.65. The highest BCUT2D eigenvalue weighted by Crippen LogP contribution is 2.26. The van der Waals surface area contributed by atoms with E-state index >= 15 is 0 Å². The maximum Gasteiger partial charge on any atom is 0.273 e. The molecule has 2 N–H and O–H groups in total. The molecule has 1 aliphatic carbocycles. The Morgan fingerprint density at radius 2 is 1.87 bits per heavy atom. The average molecular weight is 543 g/mol. The number of rotatable bonds is 11. The lowest BCUT2D eigenvalue weighted by molar-refractivity contribution is -0.117. The molecule has 1 aliphatic rings. The molecule has 0 bridgehead atoms. The zero-order chi connectivity index (χ0) is 26.9. The molecule has 1 saturated carbocycles. The van der Waals surface area contributed by atoms with Crippen LogP contribution < -0.4 is 16.2 Å². The summed E-state index contributed by atoms with van der Waals surface area (Å²) in [5.74, 6) is -0.510. The third-order valence-electron chi connectivity index (χ3n) is 6.73. The van der Waals surface area contributed by atoms with E-state index < -0.39 is 11.7 Å². The third-order valence-corrected chi connectivity index (χ3v) is 6.97. The van der Waals surface area contributed by atoms with Crippen molar-refractivity contribution < 1.29 is 14.0 Å². The van der Waals surface area contributed by atoms with Crippen LogP contribution in [0.3, 0.4) is 0 Å². The third kappa shape index (κ3) is 7.98. The van der Waals surface area contributed by atoms with Gasteiger partial charge in [-0.25, -0.2) is 4.39 Å². The molecule has 2 aromatic heterocycles. The fourth-order valence-corrected chi connectivity index (χ4v) is 4.84. The van der Waals surface area contributed by atoms with Crippen LogP contribution in [0.4, 0.5) is 10.1 Å². The van der Waals surface area contributed by atoms with Gasteiger partial charge >= 0.3 is 0 Å². The molecule has 202 valence electrons. The molecule has 0 unspecified atom stereocenters. The van der Waals surface area contributed by atoms with E-state index in [1.807, 2.05) is 0 Å². The van der Waals surface area contributed by atoms with Crippen molar-refractivity contribution in [2.45, 2.75) is 71.0 Å². The Kier molecular flexibility index (Phi) is 9.64. The minimum atomic E-state index is -0.465. The molecule has 2 amide bonds. The Balaban J connectivity index is 1.18. The minimum Gasteiger partial charge on any atom is -0.346 e. The lowest BCUT2D eigenvalue weighted by atomic mass is 9.87. The van der Waals surface area contributed by atoms with Crippen LogP contribution in [0.1, 0.15) is 67.4 Å². The summed E-state index contributed by atoms with van der Waals surface area (Å²) in [6, 6.07) is 7.35. The van der Waals surface area contributed by atoms with Gasteiger partial charge in [0.1, 0.15) is 5.82 Å². The molecule has 0 aliphatic heterocycles. The van der Waals surface area contributed by atoms with Crippen LogP contribution in [-0.2, 0) is 24.4 Å². The molecule has 2 heterocycles.